The van der Waals surface area contributed by atoms with Crippen molar-refractivity contribution in [2.24, 2.45) is 17.1 Å². The summed E-state index contributed by atoms with van der Waals surface area (Å²) in [6, 6.07) is 10.5. The highest BCUT2D eigenvalue weighted by molar-refractivity contribution is 5.18. The summed E-state index contributed by atoms with van der Waals surface area (Å²) >= 11 is 0. The predicted molar refractivity (Wildman–Crippen MR) is 79.5 cm³/mol. The van der Waals surface area contributed by atoms with Gasteiger partial charge < -0.3 is 11.1 Å². The monoisotopic (exact) mass is 248 g/mol. The van der Waals surface area contributed by atoms with Gasteiger partial charge in [-0.15, -0.1) is 0 Å². The quantitative estimate of drug-likeness (QED) is 0.758. The van der Waals surface area contributed by atoms with Crippen LogP contribution >= 0.6 is 0 Å². The van der Waals surface area contributed by atoms with E-state index >= 15 is 0 Å². The van der Waals surface area contributed by atoms with Gasteiger partial charge in [-0.2, -0.15) is 0 Å². The van der Waals surface area contributed by atoms with Gasteiger partial charge in [-0.3, -0.25) is 0 Å². The maximum absolute atomic E-state index is 6.16. The second-order valence-electron chi connectivity index (χ2n) is 6.28. The molecule has 18 heavy (non-hydrogen) atoms. The van der Waals surface area contributed by atoms with E-state index in [1.54, 1.807) is 0 Å². The van der Waals surface area contributed by atoms with Gasteiger partial charge in [0, 0.05) is 6.04 Å². The molecule has 0 aliphatic carbocycles. The van der Waals surface area contributed by atoms with Gasteiger partial charge in [-0.1, -0.05) is 58.0 Å². The first kappa shape index (κ1) is 15.2. The Labute approximate surface area is 112 Å². The normalized spacial score (nSPS) is 15.4. The minimum Gasteiger partial charge on any atom is -0.324 e. The van der Waals surface area contributed by atoms with Crippen LogP contribution in [0.25, 0.3) is 0 Å². The fourth-order valence-corrected chi connectivity index (χ4v) is 1.75. The summed E-state index contributed by atoms with van der Waals surface area (Å²) in [5.41, 5.74) is 7.75. The van der Waals surface area contributed by atoms with Crippen LogP contribution in [-0.4, -0.2) is 13.1 Å². The molecule has 2 unspecified atom stereocenters. The summed E-state index contributed by atoms with van der Waals surface area (Å²) < 4.78 is 0. The lowest BCUT2D eigenvalue weighted by Crippen LogP contribution is -2.31. The first-order chi connectivity index (χ1) is 8.41. The smallest absolute Gasteiger partial charge is 0.0306 e. The first-order valence-electron chi connectivity index (χ1n) is 6.92. The third-order valence-corrected chi connectivity index (χ3v) is 3.79. The molecule has 2 atom stereocenters. The molecule has 0 saturated carbocycles. The molecule has 0 saturated heterocycles. The van der Waals surface area contributed by atoms with Gasteiger partial charge in [0.2, 0.25) is 0 Å². The van der Waals surface area contributed by atoms with Crippen LogP contribution in [0.4, 0.5) is 0 Å². The van der Waals surface area contributed by atoms with Gasteiger partial charge in [-0.05, 0) is 36.4 Å². The summed E-state index contributed by atoms with van der Waals surface area (Å²) in [4.78, 5) is 0. The van der Waals surface area contributed by atoms with Gasteiger partial charge in [-0.25, -0.2) is 0 Å². The maximum Gasteiger partial charge on any atom is 0.0306 e. The highest BCUT2D eigenvalue weighted by atomic mass is 14.9. The van der Waals surface area contributed by atoms with E-state index in [0.717, 1.165) is 19.5 Å². The second-order valence-corrected chi connectivity index (χ2v) is 6.28. The van der Waals surface area contributed by atoms with Crippen LogP contribution in [0.15, 0.2) is 30.3 Å². The van der Waals surface area contributed by atoms with Crippen LogP contribution in [0.5, 0.6) is 0 Å². The van der Waals surface area contributed by atoms with E-state index in [1.807, 2.05) is 18.2 Å². The topological polar surface area (TPSA) is 38.0 Å². The number of hydrogen-bond acceptors (Lipinski definition) is 2. The molecule has 3 N–H and O–H groups in total. The summed E-state index contributed by atoms with van der Waals surface area (Å²) in [6.45, 7) is 11.2. The van der Waals surface area contributed by atoms with E-state index < -0.39 is 0 Å². The van der Waals surface area contributed by atoms with Gasteiger partial charge in [0.15, 0.2) is 0 Å². The highest BCUT2D eigenvalue weighted by Gasteiger charge is 2.19. The fourth-order valence-electron chi connectivity index (χ4n) is 1.75. The second kappa shape index (κ2) is 6.91. The van der Waals surface area contributed by atoms with Crippen LogP contribution in [0.2, 0.25) is 0 Å². The van der Waals surface area contributed by atoms with Gasteiger partial charge in [0.1, 0.15) is 0 Å². The van der Waals surface area contributed by atoms with Crippen molar-refractivity contribution in [3.63, 3.8) is 0 Å². The fraction of sp³-hybridized carbons (Fsp3) is 0.625. The molecule has 0 aliphatic heterocycles. The van der Waals surface area contributed by atoms with Crippen LogP contribution < -0.4 is 11.1 Å². The van der Waals surface area contributed by atoms with E-state index in [1.165, 1.54) is 5.56 Å². The van der Waals surface area contributed by atoms with Gasteiger partial charge in [0.25, 0.3) is 0 Å². The third kappa shape index (κ3) is 5.19. The molecule has 0 amide bonds. The Morgan fingerprint density at radius 3 is 2.33 bits per heavy atom. The van der Waals surface area contributed by atoms with Crippen LogP contribution in [0.3, 0.4) is 0 Å². The zero-order valence-corrected chi connectivity index (χ0v) is 12.2. The number of nitrogens with two attached hydrogens (primary N) is 1. The zero-order valence-electron chi connectivity index (χ0n) is 12.2. The van der Waals surface area contributed by atoms with Crippen molar-refractivity contribution in [1.82, 2.24) is 5.32 Å². The van der Waals surface area contributed by atoms with Crippen LogP contribution in [-0.2, 0) is 0 Å². The molecule has 0 fully saturated rings. The standard InChI is InChI=1S/C16H28N2/c1-13(16(2,3)4)12-18-11-10-15(17)14-8-6-5-7-9-14/h5-9,13,15,18H,10-12,17H2,1-4H3. The van der Waals surface area contributed by atoms with Crippen molar-refractivity contribution in [3.8, 4) is 0 Å². The molecule has 102 valence electrons. The lowest BCUT2D eigenvalue weighted by atomic mass is 9.82. The maximum atomic E-state index is 6.16. The first-order valence-corrected chi connectivity index (χ1v) is 6.92. The van der Waals surface area contributed by atoms with Crippen molar-refractivity contribution < 1.29 is 0 Å². The van der Waals surface area contributed by atoms with Crippen molar-refractivity contribution in [3.05, 3.63) is 35.9 Å². The molecule has 0 aliphatic rings. The third-order valence-electron chi connectivity index (χ3n) is 3.79. The molecule has 2 nitrogen and oxygen atoms in total. The van der Waals surface area contributed by atoms with E-state index in [0.29, 0.717) is 11.3 Å². The van der Waals surface area contributed by atoms with Gasteiger partial charge in [0.05, 0.1) is 0 Å². The number of hydrogen-bond donors (Lipinski definition) is 2. The molecular formula is C16H28N2. The van der Waals surface area contributed by atoms with E-state index in [-0.39, 0.29) is 6.04 Å². The van der Waals surface area contributed by atoms with Crippen molar-refractivity contribution in [2.75, 3.05) is 13.1 Å². The predicted octanol–water partition coefficient (Wildman–Crippen LogP) is 3.35. The molecule has 0 aromatic heterocycles. The van der Waals surface area contributed by atoms with Crippen molar-refractivity contribution >= 4 is 0 Å². The van der Waals surface area contributed by atoms with E-state index in [2.05, 4.69) is 45.1 Å². The molecule has 2 heteroatoms. The summed E-state index contributed by atoms with van der Waals surface area (Å²) in [5, 5.41) is 3.51. The SMILES string of the molecule is CC(CNCCC(N)c1ccccc1)C(C)(C)C. The zero-order chi connectivity index (χ0) is 13.6. The Balaban J connectivity index is 2.23. The summed E-state index contributed by atoms with van der Waals surface area (Å²) in [7, 11) is 0. The molecule has 1 aromatic rings. The Bertz CT molecular complexity index is 327. The minimum absolute atomic E-state index is 0.142. The molecule has 0 heterocycles. The van der Waals surface area contributed by atoms with Crippen molar-refractivity contribution in [2.45, 2.75) is 40.2 Å². The lowest BCUT2D eigenvalue weighted by molar-refractivity contribution is 0.252. The van der Waals surface area contributed by atoms with Crippen LogP contribution in [0.1, 0.15) is 45.7 Å². The lowest BCUT2D eigenvalue weighted by Gasteiger charge is -2.27. The Hall–Kier alpha value is -0.860. The van der Waals surface area contributed by atoms with E-state index in [4.69, 9.17) is 5.73 Å². The molecular weight excluding hydrogens is 220 g/mol. The number of benzene rings is 1. The molecule has 0 bridgehead atoms. The Morgan fingerprint density at radius 2 is 1.78 bits per heavy atom. The van der Waals surface area contributed by atoms with Gasteiger partial charge >= 0.3 is 0 Å². The Morgan fingerprint density at radius 1 is 1.17 bits per heavy atom. The molecule has 0 spiro atoms. The van der Waals surface area contributed by atoms with E-state index in [9.17, 15) is 0 Å². The highest BCUT2D eigenvalue weighted by Crippen LogP contribution is 2.24. The number of rotatable bonds is 6. The average Bonchev–Trinajstić information content (AvgIpc) is 2.34. The Kier molecular flexibility index (Phi) is 5.83. The average molecular weight is 248 g/mol. The minimum atomic E-state index is 0.142. The molecule has 1 aromatic carbocycles. The largest absolute Gasteiger partial charge is 0.324 e. The van der Waals surface area contributed by atoms with Crippen LogP contribution in [0, 0.1) is 11.3 Å². The number of nitrogens with one attached hydrogen (secondary N) is 1. The molecule has 0 radical (unpaired) electrons. The van der Waals surface area contributed by atoms with Crippen molar-refractivity contribution in [1.29, 1.82) is 0 Å². The summed E-state index contributed by atoms with van der Waals surface area (Å²) in [6.07, 6.45) is 0.987. The molecule has 1 rings (SSSR count). The summed E-state index contributed by atoms with van der Waals surface area (Å²) in [5.74, 6) is 0.672.